The van der Waals surface area contributed by atoms with E-state index in [1.54, 1.807) is 12.1 Å². The summed E-state index contributed by atoms with van der Waals surface area (Å²) in [5, 5.41) is 22.9. The summed E-state index contributed by atoms with van der Waals surface area (Å²) in [5.74, 6) is 1.45. The van der Waals surface area contributed by atoms with E-state index in [9.17, 15) is 23.4 Å². The maximum absolute atomic E-state index is 13.6. The summed E-state index contributed by atoms with van der Waals surface area (Å²) in [7, 11) is 0.0339. The topological polar surface area (TPSA) is 138 Å². The first-order chi connectivity index (χ1) is 19.0. The largest absolute Gasteiger partial charge is 0.494 e. The van der Waals surface area contributed by atoms with Gasteiger partial charge in [-0.2, -0.15) is 4.31 Å². The number of nitrogens with one attached hydrogen (secondary N) is 1. The molecule has 1 aliphatic rings. The Morgan fingerprint density at radius 3 is 2.40 bits per heavy atom. The van der Waals surface area contributed by atoms with Crippen LogP contribution in [0.3, 0.4) is 0 Å². The number of sulfonamides is 1. The second-order valence-electron chi connectivity index (χ2n) is 10.6. The molecule has 0 bridgehead atoms. The first-order valence-electron chi connectivity index (χ1n) is 13.4. The predicted molar refractivity (Wildman–Crippen MR) is 151 cm³/mol. The third-order valence-electron chi connectivity index (χ3n) is 6.36. The zero-order valence-electron chi connectivity index (χ0n) is 23.6. The molecule has 3 N–H and O–H groups in total. The molecule has 0 fully saturated rings. The van der Waals surface area contributed by atoms with Crippen LogP contribution in [0, 0.1) is 5.92 Å². The highest BCUT2D eigenvalue weighted by Gasteiger charge is 2.32. The smallest absolute Gasteiger partial charge is 0.404 e. The van der Waals surface area contributed by atoms with E-state index in [2.05, 4.69) is 10.2 Å². The van der Waals surface area contributed by atoms with Gasteiger partial charge in [0, 0.05) is 19.2 Å². The molecule has 0 aliphatic carbocycles. The van der Waals surface area contributed by atoms with Gasteiger partial charge in [0.1, 0.15) is 5.75 Å². The Morgan fingerprint density at radius 2 is 1.75 bits per heavy atom. The quantitative estimate of drug-likeness (QED) is 0.256. The van der Waals surface area contributed by atoms with Crippen LogP contribution in [0.5, 0.6) is 17.2 Å². The summed E-state index contributed by atoms with van der Waals surface area (Å²) in [5.41, 5.74) is 0.770. The lowest BCUT2D eigenvalue weighted by atomic mass is 10.0. The van der Waals surface area contributed by atoms with Gasteiger partial charge in [-0.25, -0.2) is 13.2 Å². The highest BCUT2D eigenvalue weighted by molar-refractivity contribution is 7.89. The van der Waals surface area contributed by atoms with Crippen molar-refractivity contribution in [3.8, 4) is 17.2 Å². The lowest BCUT2D eigenvalue weighted by Gasteiger charge is -2.30. The first kappa shape index (κ1) is 31.5. The molecular weight excluding hydrogens is 538 g/mol. The van der Waals surface area contributed by atoms with E-state index >= 15 is 0 Å². The molecule has 3 rings (SSSR count). The Morgan fingerprint density at radius 1 is 1.05 bits per heavy atom. The minimum absolute atomic E-state index is 0.00430. The molecule has 40 heavy (non-hydrogen) atoms. The lowest BCUT2D eigenvalue weighted by molar-refractivity contribution is 0.0980. The molecule has 1 aliphatic heterocycles. The molecule has 0 aromatic heterocycles. The Balaban J connectivity index is 1.69. The molecule has 0 saturated carbocycles. The van der Waals surface area contributed by atoms with Gasteiger partial charge >= 0.3 is 6.09 Å². The number of amides is 1. The van der Waals surface area contributed by atoms with Gasteiger partial charge in [-0.05, 0) is 75.6 Å². The summed E-state index contributed by atoms with van der Waals surface area (Å²) in [4.78, 5) is 13.7. The average Bonchev–Trinajstić information content (AvgIpc) is 3.36. The lowest BCUT2D eigenvalue weighted by Crippen LogP contribution is -2.50. The standard InChI is InChI=1S/C28H41N3O8S/c1-20(2)17-31(40(35,36)23-11-12-26-27(16-23)39-19-38-26)18-25(32)24(29-28(33)34)15-21-7-9-22(10-8-21)37-14-6-5-13-30(3)4/h7-12,16,20,24-25,29,32H,5-6,13-15,17-19H2,1-4H3,(H,33,34). The molecule has 1 heterocycles. The van der Waals surface area contributed by atoms with Crippen molar-refractivity contribution in [1.29, 1.82) is 0 Å². The Hall–Kier alpha value is -3.06. The zero-order valence-corrected chi connectivity index (χ0v) is 24.4. The number of carboxylic acid groups (broad SMARTS) is 1. The van der Waals surface area contributed by atoms with Crippen molar-refractivity contribution in [2.24, 2.45) is 5.92 Å². The van der Waals surface area contributed by atoms with Crippen molar-refractivity contribution in [2.75, 3.05) is 47.1 Å². The maximum atomic E-state index is 13.6. The summed E-state index contributed by atoms with van der Waals surface area (Å²) < 4.78 is 44.7. The van der Waals surface area contributed by atoms with Crippen LogP contribution in [0.15, 0.2) is 47.4 Å². The fourth-order valence-corrected chi connectivity index (χ4v) is 5.98. The second kappa shape index (κ2) is 14.5. The van der Waals surface area contributed by atoms with Gasteiger partial charge in [-0.15, -0.1) is 0 Å². The molecule has 0 saturated heterocycles. The van der Waals surface area contributed by atoms with Crippen LogP contribution in [0.4, 0.5) is 4.79 Å². The fourth-order valence-electron chi connectivity index (χ4n) is 4.34. The highest BCUT2D eigenvalue weighted by Crippen LogP contribution is 2.35. The van der Waals surface area contributed by atoms with Crippen LogP contribution in [-0.2, 0) is 16.4 Å². The van der Waals surface area contributed by atoms with Crippen LogP contribution in [0.25, 0.3) is 0 Å². The number of aliphatic hydroxyl groups excluding tert-OH is 1. The maximum Gasteiger partial charge on any atom is 0.404 e. The van der Waals surface area contributed by atoms with Gasteiger partial charge in [-0.1, -0.05) is 26.0 Å². The Labute approximate surface area is 236 Å². The molecule has 0 spiro atoms. The number of ether oxygens (including phenoxy) is 3. The predicted octanol–water partition coefficient (Wildman–Crippen LogP) is 3.02. The number of hydrogen-bond acceptors (Lipinski definition) is 8. The van der Waals surface area contributed by atoms with Crippen molar-refractivity contribution >= 4 is 16.1 Å². The van der Waals surface area contributed by atoms with Gasteiger partial charge in [0.25, 0.3) is 0 Å². The number of rotatable bonds is 16. The molecule has 2 aromatic rings. The molecule has 11 nitrogen and oxygen atoms in total. The molecule has 2 aromatic carbocycles. The van der Waals surface area contributed by atoms with Gasteiger partial charge < -0.3 is 34.6 Å². The van der Waals surface area contributed by atoms with Crippen molar-refractivity contribution in [1.82, 2.24) is 14.5 Å². The number of benzene rings is 2. The summed E-state index contributed by atoms with van der Waals surface area (Å²) >= 11 is 0. The van der Waals surface area contributed by atoms with E-state index in [4.69, 9.17) is 14.2 Å². The molecule has 12 heteroatoms. The number of fused-ring (bicyclic) bond motifs is 1. The van der Waals surface area contributed by atoms with Crippen molar-refractivity contribution < 1.29 is 37.6 Å². The van der Waals surface area contributed by atoms with E-state index in [0.717, 1.165) is 24.9 Å². The molecular formula is C28H41N3O8S. The van der Waals surface area contributed by atoms with Crippen LogP contribution in [0.1, 0.15) is 32.3 Å². The summed E-state index contributed by atoms with van der Waals surface area (Å²) in [6.45, 7) is 5.18. The van der Waals surface area contributed by atoms with Gasteiger partial charge in [0.05, 0.1) is 23.6 Å². The van der Waals surface area contributed by atoms with Crippen LogP contribution >= 0.6 is 0 Å². The molecule has 2 unspecified atom stereocenters. The Kier molecular flexibility index (Phi) is 11.4. The minimum Gasteiger partial charge on any atom is -0.494 e. The van der Waals surface area contributed by atoms with Crippen LogP contribution < -0.4 is 19.5 Å². The van der Waals surface area contributed by atoms with Gasteiger partial charge in [0.2, 0.25) is 16.8 Å². The van der Waals surface area contributed by atoms with E-state index in [1.165, 1.54) is 22.5 Å². The number of carbonyl (C=O) groups is 1. The summed E-state index contributed by atoms with van der Waals surface area (Å²) in [6, 6.07) is 10.7. The normalized spacial score (nSPS) is 14.5. The first-order valence-corrected chi connectivity index (χ1v) is 14.8. The van der Waals surface area contributed by atoms with Crippen molar-refractivity contribution in [2.45, 2.75) is 50.2 Å². The van der Waals surface area contributed by atoms with Gasteiger partial charge in [-0.3, -0.25) is 0 Å². The average molecular weight is 580 g/mol. The van der Waals surface area contributed by atoms with E-state index < -0.39 is 28.3 Å². The third-order valence-corrected chi connectivity index (χ3v) is 8.19. The molecule has 0 radical (unpaired) electrons. The SMILES string of the molecule is CC(C)CN(CC(O)C(Cc1ccc(OCCCCN(C)C)cc1)NC(=O)O)S(=O)(=O)c1ccc2c(c1)OCO2. The van der Waals surface area contributed by atoms with E-state index in [-0.39, 0.29) is 37.1 Å². The number of hydrogen-bond donors (Lipinski definition) is 3. The van der Waals surface area contributed by atoms with E-state index in [0.29, 0.717) is 23.9 Å². The van der Waals surface area contributed by atoms with Gasteiger partial charge in [0.15, 0.2) is 11.5 Å². The summed E-state index contributed by atoms with van der Waals surface area (Å²) in [6.07, 6.45) is -0.499. The second-order valence-corrected chi connectivity index (χ2v) is 12.5. The van der Waals surface area contributed by atoms with Crippen molar-refractivity contribution in [3.63, 3.8) is 0 Å². The number of nitrogens with zero attached hydrogens (tertiary/aromatic N) is 2. The zero-order chi connectivity index (χ0) is 29.3. The molecule has 2 atom stereocenters. The molecule has 1 amide bonds. The fraction of sp³-hybridized carbons (Fsp3) is 0.536. The Bertz CT molecular complexity index is 1200. The van der Waals surface area contributed by atoms with E-state index in [1.807, 2.05) is 40.1 Å². The minimum atomic E-state index is -4.03. The highest BCUT2D eigenvalue weighted by atomic mass is 32.2. The monoisotopic (exact) mass is 579 g/mol. The molecule has 222 valence electrons. The number of aliphatic hydroxyl groups is 1. The van der Waals surface area contributed by atoms with Crippen molar-refractivity contribution in [3.05, 3.63) is 48.0 Å². The number of unbranched alkanes of at least 4 members (excludes halogenated alkanes) is 1. The van der Waals surface area contributed by atoms with Crippen LogP contribution in [0.2, 0.25) is 0 Å². The van der Waals surface area contributed by atoms with Crippen LogP contribution in [-0.4, -0.2) is 93.2 Å². The third kappa shape index (κ3) is 9.26.